The first kappa shape index (κ1) is 23.1. The van der Waals surface area contributed by atoms with Crippen LogP contribution in [0.1, 0.15) is 27.7 Å². The number of benzene rings is 1. The van der Waals surface area contributed by atoms with Crippen molar-refractivity contribution in [3.63, 3.8) is 0 Å². The number of ether oxygens (including phenoxy) is 5. The van der Waals surface area contributed by atoms with Gasteiger partial charge < -0.3 is 29.0 Å². The number of carbonyl (C=O) groups excluding carboxylic acids is 4. The van der Waals surface area contributed by atoms with Gasteiger partial charge in [-0.2, -0.15) is 0 Å². The van der Waals surface area contributed by atoms with Crippen LogP contribution in [-0.2, 0) is 42.9 Å². The maximum absolute atomic E-state index is 11.8. The molecule has 1 aromatic rings. The van der Waals surface area contributed by atoms with Gasteiger partial charge in [0.25, 0.3) is 0 Å². The topological polar surface area (TPSA) is 126 Å². The molecule has 1 aromatic carbocycles. The molecule has 30 heavy (non-hydrogen) atoms. The standard InChI is InChI=1S/C20H25NO9/c1-11(22)26-10-16-17(27-12(2)23)18(28-13(3)24)19(29-14(4)25)20(30-16)21-15-8-6-5-7-9-15/h5-9,16-21H,10H2,1-4H3/t16-,17-,18+,19-,20-/m1/s1. The van der Waals surface area contributed by atoms with Gasteiger partial charge in [0.2, 0.25) is 0 Å². The molecule has 1 fully saturated rings. The van der Waals surface area contributed by atoms with Gasteiger partial charge in [-0.05, 0) is 12.1 Å². The second-order valence-electron chi connectivity index (χ2n) is 6.63. The van der Waals surface area contributed by atoms with Crippen LogP contribution in [0.25, 0.3) is 0 Å². The molecule has 0 bridgehead atoms. The summed E-state index contributed by atoms with van der Waals surface area (Å²) < 4.78 is 27.0. The zero-order chi connectivity index (χ0) is 22.3. The zero-order valence-corrected chi connectivity index (χ0v) is 17.2. The molecule has 1 saturated heterocycles. The van der Waals surface area contributed by atoms with Crippen LogP contribution in [0.2, 0.25) is 0 Å². The summed E-state index contributed by atoms with van der Waals surface area (Å²) >= 11 is 0. The molecule has 0 radical (unpaired) electrons. The molecule has 2 rings (SSSR count). The van der Waals surface area contributed by atoms with E-state index in [1.807, 2.05) is 6.07 Å². The summed E-state index contributed by atoms with van der Waals surface area (Å²) in [6.07, 6.45) is -5.51. The second-order valence-corrected chi connectivity index (χ2v) is 6.63. The summed E-state index contributed by atoms with van der Waals surface area (Å²) in [5.41, 5.74) is 0.637. The monoisotopic (exact) mass is 423 g/mol. The van der Waals surface area contributed by atoms with E-state index in [0.29, 0.717) is 5.69 Å². The SMILES string of the molecule is CC(=O)OC[C@H]1O[C@@H](Nc2ccccc2)[C@H](OC(C)=O)[C@@H](OC(C)=O)[C@@H]1OC(C)=O. The third kappa shape index (κ3) is 6.73. The van der Waals surface area contributed by atoms with Crippen molar-refractivity contribution in [2.45, 2.75) is 58.3 Å². The predicted molar refractivity (Wildman–Crippen MR) is 102 cm³/mol. The molecule has 0 aliphatic carbocycles. The van der Waals surface area contributed by atoms with Crippen LogP contribution in [0.4, 0.5) is 5.69 Å². The Balaban J connectivity index is 2.42. The van der Waals surface area contributed by atoms with Crippen LogP contribution < -0.4 is 5.32 Å². The maximum Gasteiger partial charge on any atom is 0.303 e. The number of para-hydroxylation sites is 1. The molecule has 10 nitrogen and oxygen atoms in total. The van der Waals surface area contributed by atoms with Crippen molar-refractivity contribution in [3.8, 4) is 0 Å². The maximum atomic E-state index is 11.8. The molecule has 1 aliphatic rings. The van der Waals surface area contributed by atoms with Gasteiger partial charge in [-0.1, -0.05) is 18.2 Å². The molecular formula is C20H25NO9. The summed E-state index contributed by atoms with van der Waals surface area (Å²) in [6, 6.07) is 8.90. The fourth-order valence-corrected chi connectivity index (χ4v) is 3.04. The second kappa shape index (κ2) is 10.6. The van der Waals surface area contributed by atoms with Gasteiger partial charge in [0.1, 0.15) is 12.7 Å². The van der Waals surface area contributed by atoms with Gasteiger partial charge in [-0.25, -0.2) is 0 Å². The Morgan fingerprint density at radius 2 is 1.33 bits per heavy atom. The molecular weight excluding hydrogens is 398 g/mol. The lowest BCUT2D eigenvalue weighted by Gasteiger charge is -2.44. The van der Waals surface area contributed by atoms with E-state index in [-0.39, 0.29) is 6.61 Å². The number of rotatable bonds is 7. The van der Waals surface area contributed by atoms with Crippen LogP contribution in [0.15, 0.2) is 30.3 Å². The molecule has 0 aromatic heterocycles. The van der Waals surface area contributed by atoms with E-state index in [0.717, 1.165) is 0 Å². The highest BCUT2D eigenvalue weighted by Gasteiger charge is 2.52. The number of carbonyl (C=O) groups is 4. The molecule has 164 valence electrons. The number of anilines is 1. The lowest BCUT2D eigenvalue weighted by molar-refractivity contribution is -0.247. The highest BCUT2D eigenvalue weighted by atomic mass is 16.7. The van der Waals surface area contributed by atoms with E-state index in [9.17, 15) is 19.2 Å². The van der Waals surface area contributed by atoms with E-state index in [2.05, 4.69) is 5.32 Å². The van der Waals surface area contributed by atoms with Crippen molar-refractivity contribution in [2.75, 3.05) is 11.9 Å². The van der Waals surface area contributed by atoms with Crippen molar-refractivity contribution in [1.29, 1.82) is 0 Å². The Labute approximate surface area is 173 Å². The molecule has 0 amide bonds. The highest BCUT2D eigenvalue weighted by molar-refractivity contribution is 5.69. The lowest BCUT2D eigenvalue weighted by Crippen LogP contribution is -2.64. The van der Waals surface area contributed by atoms with Crippen LogP contribution >= 0.6 is 0 Å². The van der Waals surface area contributed by atoms with Crippen molar-refractivity contribution in [3.05, 3.63) is 30.3 Å². The molecule has 0 spiro atoms. The Bertz CT molecular complexity index is 767. The minimum Gasteiger partial charge on any atom is -0.463 e. The average molecular weight is 423 g/mol. The largest absolute Gasteiger partial charge is 0.463 e. The fraction of sp³-hybridized carbons (Fsp3) is 0.500. The van der Waals surface area contributed by atoms with Crippen LogP contribution in [0, 0.1) is 0 Å². The first-order valence-corrected chi connectivity index (χ1v) is 9.29. The number of hydrogen-bond acceptors (Lipinski definition) is 10. The first-order valence-electron chi connectivity index (χ1n) is 9.29. The van der Waals surface area contributed by atoms with Gasteiger partial charge in [0.05, 0.1) is 0 Å². The van der Waals surface area contributed by atoms with Gasteiger partial charge in [-0.3, -0.25) is 19.2 Å². The van der Waals surface area contributed by atoms with Crippen LogP contribution in [0.5, 0.6) is 0 Å². The van der Waals surface area contributed by atoms with Gasteiger partial charge >= 0.3 is 23.9 Å². The van der Waals surface area contributed by atoms with Crippen LogP contribution in [-0.4, -0.2) is 61.1 Å². The molecule has 1 N–H and O–H groups in total. The van der Waals surface area contributed by atoms with Crippen molar-refractivity contribution >= 4 is 29.6 Å². The van der Waals surface area contributed by atoms with E-state index >= 15 is 0 Å². The van der Waals surface area contributed by atoms with Gasteiger partial charge in [0, 0.05) is 33.4 Å². The summed E-state index contributed by atoms with van der Waals surface area (Å²) in [6.45, 7) is 4.48. The Hall–Kier alpha value is -3.14. The Kier molecular flexibility index (Phi) is 8.16. The number of nitrogens with one attached hydrogen (secondary N) is 1. The average Bonchev–Trinajstić information content (AvgIpc) is 2.64. The molecule has 10 heteroatoms. The smallest absolute Gasteiger partial charge is 0.303 e. The predicted octanol–water partition coefficient (Wildman–Crippen LogP) is 1.18. The quantitative estimate of drug-likeness (QED) is 0.504. The van der Waals surface area contributed by atoms with Gasteiger partial charge in [-0.15, -0.1) is 0 Å². The van der Waals surface area contributed by atoms with E-state index < -0.39 is 54.5 Å². The summed E-state index contributed by atoms with van der Waals surface area (Å²) in [5, 5.41) is 3.06. The summed E-state index contributed by atoms with van der Waals surface area (Å²) in [5.74, 6) is -2.58. The minimum atomic E-state index is -1.20. The fourth-order valence-electron chi connectivity index (χ4n) is 3.04. The first-order chi connectivity index (χ1) is 14.2. The normalized spacial score (nSPS) is 25.5. The third-order valence-electron chi connectivity index (χ3n) is 4.07. The number of esters is 4. The van der Waals surface area contributed by atoms with Gasteiger partial charge in [0.15, 0.2) is 24.5 Å². The van der Waals surface area contributed by atoms with E-state index in [1.54, 1.807) is 24.3 Å². The molecule has 0 unspecified atom stereocenters. The highest BCUT2D eigenvalue weighted by Crippen LogP contribution is 2.30. The Morgan fingerprint density at radius 1 is 0.800 bits per heavy atom. The van der Waals surface area contributed by atoms with Crippen molar-refractivity contribution < 1.29 is 42.9 Å². The molecule has 0 saturated carbocycles. The lowest BCUT2D eigenvalue weighted by atomic mass is 9.97. The molecule has 1 heterocycles. The third-order valence-corrected chi connectivity index (χ3v) is 4.07. The molecule has 5 atom stereocenters. The number of hydrogen-bond donors (Lipinski definition) is 1. The minimum absolute atomic E-state index is 0.273. The molecule has 1 aliphatic heterocycles. The van der Waals surface area contributed by atoms with E-state index in [1.165, 1.54) is 27.7 Å². The van der Waals surface area contributed by atoms with Crippen molar-refractivity contribution in [1.82, 2.24) is 0 Å². The summed E-state index contributed by atoms with van der Waals surface area (Å²) in [7, 11) is 0. The Morgan fingerprint density at radius 3 is 1.87 bits per heavy atom. The van der Waals surface area contributed by atoms with Crippen LogP contribution in [0.3, 0.4) is 0 Å². The zero-order valence-electron chi connectivity index (χ0n) is 17.2. The summed E-state index contributed by atoms with van der Waals surface area (Å²) in [4.78, 5) is 46.5. The van der Waals surface area contributed by atoms with E-state index in [4.69, 9.17) is 23.7 Å². The van der Waals surface area contributed by atoms with Crippen molar-refractivity contribution in [2.24, 2.45) is 0 Å².